The third-order valence-corrected chi connectivity index (χ3v) is 3.99. The Labute approximate surface area is 113 Å². The van der Waals surface area contributed by atoms with Crippen molar-refractivity contribution < 1.29 is 4.74 Å². The zero-order valence-electron chi connectivity index (χ0n) is 11.1. The minimum absolute atomic E-state index is 0.0412. The van der Waals surface area contributed by atoms with Gasteiger partial charge in [-0.15, -0.1) is 0 Å². The molecule has 1 unspecified atom stereocenters. The van der Waals surface area contributed by atoms with E-state index in [-0.39, 0.29) is 11.5 Å². The molecule has 96 valence electrons. The number of nitrogens with two attached hydrogens (primary N) is 1. The molecule has 1 aromatic rings. The molecule has 3 heteroatoms. The zero-order valence-corrected chi connectivity index (χ0v) is 12.7. The van der Waals surface area contributed by atoms with E-state index in [0.717, 1.165) is 22.2 Å². The number of halogens is 1. The smallest absolute Gasteiger partial charge is 0.133 e. The molecule has 0 bridgehead atoms. The van der Waals surface area contributed by atoms with Crippen LogP contribution in [-0.2, 0) is 0 Å². The van der Waals surface area contributed by atoms with E-state index in [1.165, 1.54) is 0 Å². The third-order valence-electron chi connectivity index (χ3n) is 3.37. The van der Waals surface area contributed by atoms with Crippen molar-refractivity contribution in [3.05, 3.63) is 28.2 Å². The largest absolute Gasteiger partial charge is 0.493 e. The highest BCUT2D eigenvalue weighted by Crippen LogP contribution is 2.37. The normalized spacial score (nSPS) is 13.5. The van der Waals surface area contributed by atoms with Gasteiger partial charge in [0.25, 0.3) is 0 Å². The first-order chi connectivity index (χ1) is 7.92. The van der Waals surface area contributed by atoms with Gasteiger partial charge in [0, 0.05) is 6.04 Å². The molecule has 0 aliphatic rings. The van der Waals surface area contributed by atoms with Gasteiger partial charge in [-0.3, -0.25) is 0 Å². The van der Waals surface area contributed by atoms with Gasteiger partial charge in [-0.2, -0.15) is 0 Å². The summed E-state index contributed by atoms with van der Waals surface area (Å²) in [5, 5.41) is 0. The van der Waals surface area contributed by atoms with Crippen LogP contribution < -0.4 is 10.5 Å². The van der Waals surface area contributed by atoms with Gasteiger partial charge in [0.1, 0.15) is 5.75 Å². The van der Waals surface area contributed by atoms with E-state index in [4.69, 9.17) is 10.5 Å². The Morgan fingerprint density at radius 3 is 2.47 bits per heavy atom. The molecule has 1 aromatic carbocycles. The summed E-state index contributed by atoms with van der Waals surface area (Å²) in [5.74, 6) is 0.873. The van der Waals surface area contributed by atoms with Gasteiger partial charge < -0.3 is 10.5 Å². The van der Waals surface area contributed by atoms with Crippen LogP contribution in [-0.4, -0.2) is 6.61 Å². The molecule has 0 fully saturated rings. The summed E-state index contributed by atoms with van der Waals surface area (Å²) in [5.41, 5.74) is 7.56. The molecule has 2 nitrogen and oxygen atoms in total. The van der Waals surface area contributed by atoms with Crippen LogP contribution in [0.4, 0.5) is 0 Å². The predicted molar refractivity (Wildman–Crippen MR) is 76.3 cm³/mol. The lowest BCUT2D eigenvalue weighted by Gasteiger charge is -2.31. The first kappa shape index (κ1) is 14.5. The predicted octanol–water partition coefficient (Wildman–Crippen LogP) is 4.28. The summed E-state index contributed by atoms with van der Waals surface area (Å²) in [7, 11) is 0. The van der Waals surface area contributed by atoms with Crippen molar-refractivity contribution >= 4 is 15.9 Å². The lowest BCUT2D eigenvalue weighted by atomic mass is 9.79. The molecule has 0 aromatic heterocycles. The first-order valence-electron chi connectivity index (χ1n) is 6.10. The molecule has 0 radical (unpaired) electrons. The second-order valence-electron chi connectivity index (χ2n) is 4.94. The Hall–Kier alpha value is -0.540. The molecular formula is C14H22BrNO. The fourth-order valence-electron chi connectivity index (χ4n) is 1.65. The number of hydrogen-bond acceptors (Lipinski definition) is 2. The van der Waals surface area contributed by atoms with Crippen LogP contribution in [0.3, 0.4) is 0 Å². The van der Waals surface area contributed by atoms with Crippen molar-refractivity contribution in [1.29, 1.82) is 0 Å². The number of benzene rings is 1. The molecule has 0 heterocycles. The summed E-state index contributed by atoms with van der Waals surface area (Å²) in [4.78, 5) is 0. The van der Waals surface area contributed by atoms with Gasteiger partial charge >= 0.3 is 0 Å². The van der Waals surface area contributed by atoms with E-state index in [9.17, 15) is 0 Å². The maximum Gasteiger partial charge on any atom is 0.133 e. The molecule has 17 heavy (non-hydrogen) atoms. The highest BCUT2D eigenvalue weighted by molar-refractivity contribution is 9.10. The van der Waals surface area contributed by atoms with E-state index in [2.05, 4.69) is 48.8 Å². The van der Waals surface area contributed by atoms with Crippen molar-refractivity contribution in [1.82, 2.24) is 0 Å². The number of ether oxygens (including phenoxy) is 1. The molecule has 1 atom stereocenters. The summed E-state index contributed by atoms with van der Waals surface area (Å²) in [6, 6.07) is 6.14. The maximum absolute atomic E-state index is 6.31. The third kappa shape index (κ3) is 3.46. The SMILES string of the molecule is CCOc1ccc(C(N)C(C)(C)CC)cc1Br. The Morgan fingerprint density at radius 2 is 2.00 bits per heavy atom. The first-order valence-corrected chi connectivity index (χ1v) is 6.89. The quantitative estimate of drug-likeness (QED) is 0.880. The van der Waals surface area contributed by atoms with E-state index in [0.29, 0.717) is 6.61 Å². The molecule has 2 N–H and O–H groups in total. The summed E-state index contributed by atoms with van der Waals surface area (Å²) < 4.78 is 6.47. The maximum atomic E-state index is 6.31. The molecule has 0 saturated carbocycles. The van der Waals surface area contributed by atoms with Crippen molar-refractivity contribution in [3.8, 4) is 5.75 Å². The Balaban J connectivity index is 2.97. The molecule has 0 saturated heterocycles. The van der Waals surface area contributed by atoms with Gasteiger partial charge in [0.15, 0.2) is 0 Å². The van der Waals surface area contributed by atoms with Crippen LogP contribution in [0.25, 0.3) is 0 Å². The monoisotopic (exact) mass is 299 g/mol. The second-order valence-corrected chi connectivity index (χ2v) is 5.80. The van der Waals surface area contributed by atoms with Gasteiger partial charge in [0.05, 0.1) is 11.1 Å². The van der Waals surface area contributed by atoms with Gasteiger partial charge in [-0.05, 0) is 52.4 Å². The van der Waals surface area contributed by atoms with E-state index >= 15 is 0 Å². The molecule has 0 aliphatic heterocycles. The molecule has 0 spiro atoms. The average Bonchev–Trinajstić information content (AvgIpc) is 2.31. The van der Waals surface area contributed by atoms with E-state index in [1.807, 2.05) is 13.0 Å². The number of hydrogen-bond donors (Lipinski definition) is 1. The van der Waals surface area contributed by atoms with Crippen molar-refractivity contribution in [2.45, 2.75) is 40.2 Å². The lowest BCUT2D eigenvalue weighted by molar-refractivity contribution is 0.278. The van der Waals surface area contributed by atoms with Crippen molar-refractivity contribution in [2.24, 2.45) is 11.1 Å². The second kappa shape index (κ2) is 5.87. The molecule has 0 amide bonds. The lowest BCUT2D eigenvalue weighted by Crippen LogP contribution is -2.28. The van der Waals surface area contributed by atoms with E-state index < -0.39 is 0 Å². The van der Waals surface area contributed by atoms with Crippen LogP contribution in [0.15, 0.2) is 22.7 Å². The zero-order chi connectivity index (χ0) is 13.1. The van der Waals surface area contributed by atoms with Crippen LogP contribution in [0.2, 0.25) is 0 Å². The average molecular weight is 300 g/mol. The van der Waals surface area contributed by atoms with Crippen molar-refractivity contribution in [3.63, 3.8) is 0 Å². The van der Waals surface area contributed by atoms with E-state index in [1.54, 1.807) is 0 Å². The molecule has 1 rings (SSSR count). The Bertz CT molecular complexity index is 376. The highest BCUT2D eigenvalue weighted by atomic mass is 79.9. The standard InChI is InChI=1S/C14H22BrNO/c1-5-14(3,4)13(16)10-7-8-12(17-6-2)11(15)9-10/h7-9,13H,5-6,16H2,1-4H3. The fraction of sp³-hybridized carbons (Fsp3) is 0.571. The van der Waals surface area contributed by atoms with Gasteiger partial charge in [-0.25, -0.2) is 0 Å². The molecule has 0 aliphatic carbocycles. The summed E-state index contributed by atoms with van der Waals surface area (Å²) >= 11 is 3.52. The Kier molecular flexibility index (Phi) is 5.02. The fourth-order valence-corrected chi connectivity index (χ4v) is 2.17. The molecular weight excluding hydrogens is 278 g/mol. The summed E-state index contributed by atoms with van der Waals surface area (Å²) in [6.45, 7) is 9.21. The van der Waals surface area contributed by atoms with Crippen LogP contribution >= 0.6 is 15.9 Å². The van der Waals surface area contributed by atoms with Crippen LogP contribution in [0, 0.1) is 5.41 Å². The minimum atomic E-state index is 0.0412. The number of rotatable bonds is 5. The summed E-state index contributed by atoms with van der Waals surface area (Å²) in [6.07, 6.45) is 1.05. The van der Waals surface area contributed by atoms with Gasteiger partial charge in [0.2, 0.25) is 0 Å². The van der Waals surface area contributed by atoms with Crippen molar-refractivity contribution in [2.75, 3.05) is 6.61 Å². The van der Waals surface area contributed by atoms with Gasteiger partial charge in [-0.1, -0.05) is 26.8 Å². The Morgan fingerprint density at radius 1 is 1.35 bits per heavy atom. The minimum Gasteiger partial charge on any atom is -0.493 e. The topological polar surface area (TPSA) is 35.2 Å². The van der Waals surface area contributed by atoms with Crippen LogP contribution in [0.1, 0.15) is 45.7 Å². The van der Waals surface area contributed by atoms with Crippen LogP contribution in [0.5, 0.6) is 5.75 Å². The highest BCUT2D eigenvalue weighted by Gasteiger charge is 2.26.